The van der Waals surface area contributed by atoms with Crippen LogP contribution in [0.4, 0.5) is 0 Å². The van der Waals surface area contributed by atoms with E-state index < -0.39 is 0 Å². The van der Waals surface area contributed by atoms with E-state index in [4.69, 9.17) is 0 Å². The second-order valence-electron chi connectivity index (χ2n) is 3.37. The lowest BCUT2D eigenvalue weighted by atomic mass is 10.2. The van der Waals surface area contributed by atoms with Crippen molar-refractivity contribution in [1.29, 1.82) is 0 Å². The van der Waals surface area contributed by atoms with E-state index in [0.29, 0.717) is 11.3 Å². The molecule has 0 fully saturated rings. The Bertz CT molecular complexity index is 684. The van der Waals surface area contributed by atoms with Gasteiger partial charge in [0, 0.05) is 36.3 Å². The highest BCUT2D eigenvalue weighted by atomic mass is 16.1. The Kier molecular flexibility index (Phi) is 1.83. The van der Waals surface area contributed by atoms with Gasteiger partial charge in [0.05, 0.1) is 5.69 Å². The first-order valence-electron chi connectivity index (χ1n) is 4.82. The zero-order valence-electron chi connectivity index (χ0n) is 8.29. The van der Waals surface area contributed by atoms with Crippen molar-refractivity contribution >= 4 is 5.65 Å². The highest BCUT2D eigenvalue weighted by Gasteiger charge is 2.04. The van der Waals surface area contributed by atoms with E-state index >= 15 is 0 Å². The minimum atomic E-state index is -0.123. The molecule has 0 amide bonds. The van der Waals surface area contributed by atoms with Gasteiger partial charge in [-0.3, -0.25) is 14.9 Å². The largest absolute Gasteiger partial charge is 0.297 e. The van der Waals surface area contributed by atoms with Crippen LogP contribution in [0.1, 0.15) is 0 Å². The number of rotatable bonds is 1. The molecule has 5 nitrogen and oxygen atoms in total. The number of hydrogen-bond donors (Lipinski definition) is 1. The summed E-state index contributed by atoms with van der Waals surface area (Å²) in [5.41, 5.74) is 2.03. The number of H-pyrrole nitrogens is 1. The SMILES string of the molecule is O=c1cc(-c2ccncc2)nc2cc[nH]n12. The van der Waals surface area contributed by atoms with Crippen LogP contribution in [0, 0.1) is 0 Å². The normalized spacial score (nSPS) is 10.8. The van der Waals surface area contributed by atoms with Gasteiger partial charge in [0.15, 0.2) is 5.65 Å². The van der Waals surface area contributed by atoms with E-state index in [0.717, 1.165) is 5.56 Å². The molecule has 3 aromatic rings. The standard InChI is InChI=1S/C11H8N4O/c16-11-7-9(8-1-4-12-5-2-8)14-10-3-6-13-15(10)11/h1-7,13H. The molecule has 0 aliphatic heterocycles. The van der Waals surface area contributed by atoms with Gasteiger partial charge in [0.1, 0.15) is 0 Å². The van der Waals surface area contributed by atoms with Gasteiger partial charge in [-0.05, 0) is 12.1 Å². The number of hydrogen-bond acceptors (Lipinski definition) is 3. The molecule has 0 aliphatic rings. The molecule has 3 heterocycles. The molecule has 5 heteroatoms. The Hall–Kier alpha value is -2.43. The van der Waals surface area contributed by atoms with E-state index in [-0.39, 0.29) is 5.56 Å². The molecule has 0 saturated carbocycles. The third-order valence-electron chi connectivity index (χ3n) is 2.36. The average molecular weight is 212 g/mol. The Morgan fingerprint density at radius 3 is 2.81 bits per heavy atom. The molecule has 16 heavy (non-hydrogen) atoms. The van der Waals surface area contributed by atoms with E-state index in [9.17, 15) is 4.79 Å². The van der Waals surface area contributed by atoms with Gasteiger partial charge in [0.25, 0.3) is 5.56 Å². The van der Waals surface area contributed by atoms with E-state index in [1.165, 1.54) is 10.6 Å². The van der Waals surface area contributed by atoms with Gasteiger partial charge in [-0.1, -0.05) is 0 Å². The zero-order valence-corrected chi connectivity index (χ0v) is 8.29. The van der Waals surface area contributed by atoms with Gasteiger partial charge >= 0.3 is 0 Å². The van der Waals surface area contributed by atoms with Crippen molar-refractivity contribution in [2.45, 2.75) is 0 Å². The highest BCUT2D eigenvalue weighted by molar-refractivity contribution is 5.60. The fourth-order valence-corrected chi connectivity index (χ4v) is 1.60. The Morgan fingerprint density at radius 2 is 2.00 bits per heavy atom. The predicted molar refractivity (Wildman–Crippen MR) is 59.0 cm³/mol. The number of aromatic nitrogens is 4. The highest BCUT2D eigenvalue weighted by Crippen LogP contribution is 2.13. The minimum absolute atomic E-state index is 0.123. The fourth-order valence-electron chi connectivity index (χ4n) is 1.60. The summed E-state index contributed by atoms with van der Waals surface area (Å²) in [5, 5.41) is 2.80. The lowest BCUT2D eigenvalue weighted by Gasteiger charge is -1.99. The molecule has 1 N–H and O–H groups in total. The number of nitrogens with zero attached hydrogens (tertiary/aromatic N) is 3. The van der Waals surface area contributed by atoms with Gasteiger partial charge in [-0.2, -0.15) is 0 Å². The van der Waals surface area contributed by atoms with Crippen LogP contribution in [-0.4, -0.2) is 19.6 Å². The summed E-state index contributed by atoms with van der Waals surface area (Å²) < 4.78 is 1.39. The predicted octanol–water partition coefficient (Wildman–Crippen LogP) is 1.08. The van der Waals surface area contributed by atoms with E-state index in [1.54, 1.807) is 24.7 Å². The van der Waals surface area contributed by atoms with Crippen molar-refractivity contribution < 1.29 is 0 Å². The molecule has 0 aliphatic carbocycles. The monoisotopic (exact) mass is 212 g/mol. The van der Waals surface area contributed by atoms with Crippen molar-refractivity contribution in [3.05, 3.63) is 53.2 Å². The van der Waals surface area contributed by atoms with E-state index in [1.807, 2.05) is 12.1 Å². The molecule has 0 aromatic carbocycles. The summed E-state index contributed by atoms with van der Waals surface area (Å²) in [5.74, 6) is 0. The number of aromatic amines is 1. The van der Waals surface area contributed by atoms with Crippen LogP contribution in [-0.2, 0) is 0 Å². The Labute approximate surface area is 90.4 Å². The lowest BCUT2D eigenvalue weighted by Crippen LogP contribution is -2.13. The molecule has 0 radical (unpaired) electrons. The minimum Gasteiger partial charge on any atom is -0.297 e. The molecule has 0 spiro atoms. The van der Waals surface area contributed by atoms with Crippen LogP contribution in [0.3, 0.4) is 0 Å². The van der Waals surface area contributed by atoms with Crippen molar-refractivity contribution in [2.75, 3.05) is 0 Å². The van der Waals surface area contributed by atoms with Crippen LogP contribution in [0.25, 0.3) is 16.9 Å². The van der Waals surface area contributed by atoms with Gasteiger partial charge in [-0.15, -0.1) is 0 Å². The van der Waals surface area contributed by atoms with Crippen LogP contribution in [0.15, 0.2) is 47.7 Å². The smallest absolute Gasteiger partial charge is 0.273 e. The van der Waals surface area contributed by atoms with Crippen LogP contribution in [0.2, 0.25) is 0 Å². The summed E-state index contributed by atoms with van der Waals surface area (Å²) in [7, 11) is 0. The molecule has 3 aromatic heterocycles. The van der Waals surface area contributed by atoms with Crippen molar-refractivity contribution in [3.63, 3.8) is 0 Å². The van der Waals surface area contributed by atoms with Gasteiger partial charge in [-0.25, -0.2) is 9.50 Å². The molecule has 0 unspecified atom stereocenters. The average Bonchev–Trinajstić information content (AvgIpc) is 2.79. The van der Waals surface area contributed by atoms with Crippen LogP contribution >= 0.6 is 0 Å². The maximum Gasteiger partial charge on any atom is 0.273 e. The molecule has 0 bridgehead atoms. The first-order chi connectivity index (χ1) is 7.84. The van der Waals surface area contributed by atoms with E-state index in [2.05, 4.69) is 15.1 Å². The molecule has 78 valence electrons. The van der Waals surface area contributed by atoms with Gasteiger partial charge in [0.2, 0.25) is 0 Å². The molecule has 3 rings (SSSR count). The quantitative estimate of drug-likeness (QED) is 0.656. The van der Waals surface area contributed by atoms with Crippen LogP contribution < -0.4 is 5.56 Å². The summed E-state index contributed by atoms with van der Waals surface area (Å²) in [6, 6.07) is 6.90. The molecule has 0 atom stereocenters. The second-order valence-corrected chi connectivity index (χ2v) is 3.37. The second kappa shape index (κ2) is 3.30. The third kappa shape index (κ3) is 1.30. The maximum absolute atomic E-state index is 11.7. The summed E-state index contributed by atoms with van der Waals surface area (Å²) >= 11 is 0. The van der Waals surface area contributed by atoms with Crippen molar-refractivity contribution in [1.82, 2.24) is 19.6 Å². The molecule has 0 saturated heterocycles. The van der Waals surface area contributed by atoms with Crippen LogP contribution in [0.5, 0.6) is 0 Å². The lowest BCUT2D eigenvalue weighted by molar-refractivity contribution is 0.901. The first kappa shape index (κ1) is 8.84. The fraction of sp³-hybridized carbons (Fsp3) is 0. The third-order valence-corrected chi connectivity index (χ3v) is 2.36. The van der Waals surface area contributed by atoms with Crippen molar-refractivity contribution in [3.8, 4) is 11.3 Å². The number of fused-ring (bicyclic) bond motifs is 1. The summed E-state index contributed by atoms with van der Waals surface area (Å²) in [6.07, 6.45) is 5.03. The Morgan fingerprint density at radius 1 is 1.19 bits per heavy atom. The van der Waals surface area contributed by atoms with Gasteiger partial charge < -0.3 is 0 Å². The summed E-state index contributed by atoms with van der Waals surface area (Å²) in [4.78, 5) is 20.0. The molecular weight excluding hydrogens is 204 g/mol. The maximum atomic E-state index is 11.7. The first-order valence-corrected chi connectivity index (χ1v) is 4.82. The number of nitrogens with one attached hydrogen (secondary N) is 1. The number of pyridine rings is 1. The zero-order chi connectivity index (χ0) is 11.0. The Balaban J connectivity index is 2.30. The van der Waals surface area contributed by atoms with Crippen molar-refractivity contribution in [2.24, 2.45) is 0 Å². The topological polar surface area (TPSA) is 63.0 Å². The summed E-state index contributed by atoms with van der Waals surface area (Å²) in [6.45, 7) is 0. The molecular formula is C11H8N4O.